The number of hydrogen-bond acceptors (Lipinski definition) is 0. The van der Waals surface area contributed by atoms with E-state index in [4.69, 9.17) is 0 Å². The van der Waals surface area contributed by atoms with Gasteiger partial charge in [-0.3, -0.25) is 0 Å². The molecule has 1 aliphatic heterocycles. The Labute approximate surface area is 342 Å². The van der Waals surface area contributed by atoms with E-state index in [1.165, 1.54) is 161 Å². The van der Waals surface area contributed by atoms with Crippen LogP contribution in [0.1, 0.15) is 224 Å². The summed E-state index contributed by atoms with van der Waals surface area (Å²) in [6.07, 6.45) is 35.2. The summed E-state index contributed by atoms with van der Waals surface area (Å²) in [4.78, 5) is 0. The number of nitrogens with zero attached hydrogens (tertiary/aromatic N) is 2. The SMILES string of the molecule is CCCCCC1=C(c2cccc(CCCC)c2)[N+](=[N-])C(c2cccc(CCCC)c2)=C1CCCC.CCCCCCCC[CH2][Ni][CH2]CCCCCCCC. The molecule has 0 aliphatic carbocycles. The van der Waals surface area contributed by atoms with E-state index in [0.29, 0.717) is 0 Å². The fraction of sp³-hybridized carbons (Fsp3) is 0.686. The van der Waals surface area contributed by atoms with E-state index in [2.05, 4.69) is 90.1 Å². The summed E-state index contributed by atoms with van der Waals surface area (Å²) in [5.74, 6) is 0. The van der Waals surface area contributed by atoms with E-state index in [1.54, 1.807) is 4.70 Å². The van der Waals surface area contributed by atoms with Crippen molar-refractivity contribution < 1.29 is 19.1 Å². The third-order valence-electron chi connectivity index (χ3n) is 10.9. The van der Waals surface area contributed by atoms with E-state index >= 15 is 0 Å². The van der Waals surface area contributed by atoms with E-state index in [-0.39, 0.29) is 0 Å². The fourth-order valence-corrected chi connectivity index (χ4v) is 8.74. The van der Waals surface area contributed by atoms with Gasteiger partial charge in [0, 0.05) is 22.3 Å². The summed E-state index contributed by atoms with van der Waals surface area (Å²) < 4.78 is 1.55. The number of unbranched alkanes of at least 4 members (excludes halogenated alkanes) is 17. The molecular weight excluding hydrogens is 699 g/mol. The van der Waals surface area contributed by atoms with Crippen LogP contribution in [0.5, 0.6) is 0 Å². The molecule has 3 rings (SSSR count). The summed E-state index contributed by atoms with van der Waals surface area (Å²) in [6, 6.07) is 17.8. The molecule has 0 fully saturated rings. The number of rotatable bonds is 31. The number of aryl methyl sites for hydroxylation is 2. The third-order valence-corrected chi connectivity index (χ3v) is 12.3. The van der Waals surface area contributed by atoms with Crippen molar-refractivity contribution in [3.05, 3.63) is 87.5 Å². The molecule has 54 heavy (non-hydrogen) atoms. The summed E-state index contributed by atoms with van der Waals surface area (Å²) in [6.45, 7) is 13.6. The molecule has 0 saturated carbocycles. The van der Waals surface area contributed by atoms with Gasteiger partial charge in [0.1, 0.15) is 0 Å². The van der Waals surface area contributed by atoms with Crippen molar-refractivity contribution >= 4 is 11.4 Å². The normalized spacial score (nSPS) is 13.0. The van der Waals surface area contributed by atoms with Crippen molar-refractivity contribution in [3.8, 4) is 0 Å². The molecule has 0 spiro atoms. The van der Waals surface area contributed by atoms with Gasteiger partial charge >= 0.3 is 129 Å². The molecule has 0 amide bonds. The molecule has 0 atom stereocenters. The molecule has 0 aromatic heterocycles. The standard InChI is InChI=1S/C33H46N2.2C9H19.Ni/c1-5-9-13-23-31-30(22-12-8-4)32(28-20-14-18-26(24-28)16-10-6-2)35(34)33(31)29-21-15-19-27(25-29)17-11-7-3;2*1-3-5-7-9-8-6-4-2;/h14-15,18-21,24-25H,5-13,16-17,22-23H2,1-4H3;2*1,3-9H2,2H3;. The number of hydrogen-bond donors (Lipinski definition) is 0. The Kier molecular flexibility index (Phi) is 28.7. The van der Waals surface area contributed by atoms with Gasteiger partial charge in [-0.2, -0.15) is 0 Å². The Morgan fingerprint density at radius 3 is 1.19 bits per heavy atom. The zero-order valence-electron chi connectivity index (χ0n) is 36.3. The second kappa shape index (κ2) is 32.1. The van der Waals surface area contributed by atoms with Crippen molar-refractivity contribution in [1.29, 1.82) is 0 Å². The second-order valence-electron chi connectivity index (χ2n) is 15.9. The molecule has 0 radical (unpaired) electrons. The second-order valence-corrected chi connectivity index (χ2v) is 17.3. The van der Waals surface area contributed by atoms with Gasteiger partial charge in [0.15, 0.2) is 0 Å². The molecule has 3 heteroatoms. The summed E-state index contributed by atoms with van der Waals surface area (Å²) in [5.41, 5.74) is 21.6. The van der Waals surface area contributed by atoms with Gasteiger partial charge in [0.25, 0.3) is 0 Å². The molecule has 0 bridgehead atoms. The molecular formula is C51H84N2Ni. The number of benzene rings is 2. The van der Waals surface area contributed by atoms with Gasteiger partial charge < -0.3 is 5.53 Å². The van der Waals surface area contributed by atoms with Crippen LogP contribution in [0.2, 0.25) is 10.8 Å². The first-order valence-electron chi connectivity index (χ1n) is 23.1. The van der Waals surface area contributed by atoms with Crippen LogP contribution >= 0.6 is 0 Å². The van der Waals surface area contributed by atoms with Gasteiger partial charge in [-0.05, 0) is 86.8 Å². The molecule has 1 aliphatic rings. The fourth-order valence-electron chi connectivity index (χ4n) is 7.51. The Balaban J connectivity index is 0.000000451. The number of allylic oxidation sites excluding steroid dienone is 2. The van der Waals surface area contributed by atoms with Crippen LogP contribution in [0.25, 0.3) is 16.9 Å². The predicted octanol–water partition coefficient (Wildman–Crippen LogP) is 17.7. The van der Waals surface area contributed by atoms with E-state index in [0.717, 1.165) is 67.5 Å². The van der Waals surface area contributed by atoms with Gasteiger partial charge in [-0.25, -0.2) is 4.70 Å². The minimum absolute atomic E-state index is 1.01. The quantitative estimate of drug-likeness (QED) is 0.0413. The molecule has 2 aromatic carbocycles. The van der Waals surface area contributed by atoms with Gasteiger partial charge in [-0.15, -0.1) is 0 Å². The van der Waals surface area contributed by atoms with Crippen molar-refractivity contribution in [1.82, 2.24) is 0 Å². The van der Waals surface area contributed by atoms with Crippen LogP contribution in [0, 0.1) is 0 Å². The molecule has 2 aromatic rings. The molecule has 2 nitrogen and oxygen atoms in total. The van der Waals surface area contributed by atoms with Crippen molar-refractivity contribution in [2.75, 3.05) is 0 Å². The van der Waals surface area contributed by atoms with Crippen molar-refractivity contribution in [3.63, 3.8) is 0 Å². The topological polar surface area (TPSA) is 25.3 Å². The Morgan fingerprint density at radius 2 is 0.759 bits per heavy atom. The summed E-state index contributed by atoms with van der Waals surface area (Å²) >= 11 is 2.01. The monoisotopic (exact) mass is 783 g/mol. The van der Waals surface area contributed by atoms with Gasteiger partial charge in [0.2, 0.25) is 11.4 Å². The maximum atomic E-state index is 11.8. The van der Waals surface area contributed by atoms with E-state index in [1.807, 2.05) is 14.4 Å². The zero-order valence-corrected chi connectivity index (χ0v) is 37.3. The Hall–Kier alpha value is -1.99. The van der Waals surface area contributed by atoms with Crippen LogP contribution in [-0.4, -0.2) is 4.70 Å². The zero-order chi connectivity index (χ0) is 39.1. The summed E-state index contributed by atoms with van der Waals surface area (Å²) in [5, 5.41) is 2.85. The van der Waals surface area contributed by atoms with Crippen LogP contribution in [0.15, 0.2) is 59.7 Å². The molecule has 0 unspecified atom stereocenters. The van der Waals surface area contributed by atoms with Gasteiger partial charge in [0.05, 0.1) is 0 Å². The first-order chi connectivity index (χ1) is 26.6. The average Bonchev–Trinajstić information content (AvgIpc) is 3.47. The van der Waals surface area contributed by atoms with Gasteiger partial charge in [-0.1, -0.05) is 84.1 Å². The average molecular weight is 784 g/mol. The molecule has 0 N–H and O–H groups in total. The molecule has 1 heterocycles. The van der Waals surface area contributed by atoms with Crippen LogP contribution in [0.4, 0.5) is 0 Å². The predicted molar refractivity (Wildman–Crippen MR) is 237 cm³/mol. The van der Waals surface area contributed by atoms with Crippen LogP contribution in [-0.2, 0) is 27.3 Å². The molecule has 308 valence electrons. The summed E-state index contributed by atoms with van der Waals surface area (Å²) in [7, 11) is 0. The minimum atomic E-state index is 1.01. The molecule has 0 saturated heterocycles. The van der Waals surface area contributed by atoms with E-state index in [9.17, 15) is 5.53 Å². The first kappa shape index (κ1) is 48.2. The maximum absolute atomic E-state index is 11.8. The third kappa shape index (κ3) is 19.2. The van der Waals surface area contributed by atoms with Crippen molar-refractivity contribution in [2.24, 2.45) is 0 Å². The first-order valence-corrected chi connectivity index (χ1v) is 24.5. The van der Waals surface area contributed by atoms with Crippen LogP contribution in [0.3, 0.4) is 0 Å². The van der Waals surface area contributed by atoms with Crippen molar-refractivity contribution in [2.45, 2.75) is 226 Å². The Morgan fingerprint density at radius 1 is 0.407 bits per heavy atom. The van der Waals surface area contributed by atoms with E-state index < -0.39 is 0 Å². The van der Waals surface area contributed by atoms with Crippen LogP contribution < -0.4 is 0 Å². The Bertz CT molecular complexity index is 1300.